The van der Waals surface area contributed by atoms with Gasteiger partial charge in [-0.3, -0.25) is 4.79 Å². The minimum atomic E-state index is -0.409. The molecule has 0 atom stereocenters. The Morgan fingerprint density at radius 3 is 2.58 bits per heavy atom. The molecule has 0 spiro atoms. The van der Waals surface area contributed by atoms with E-state index in [1.165, 1.54) is 0 Å². The molecule has 1 aliphatic heterocycles. The molecule has 19 heavy (non-hydrogen) atoms. The number of rotatable bonds is 4. The van der Waals surface area contributed by atoms with Crippen LogP contribution < -0.4 is 16.4 Å². The van der Waals surface area contributed by atoms with Crippen LogP contribution in [-0.2, 0) is 0 Å². The number of nitrogens with two attached hydrogens (primary N) is 2. The van der Waals surface area contributed by atoms with Crippen molar-refractivity contribution >= 4 is 17.3 Å². The first-order valence-corrected chi connectivity index (χ1v) is 6.96. The second kappa shape index (κ2) is 5.11. The average Bonchev–Trinajstić information content (AvgIpc) is 2.83. The van der Waals surface area contributed by atoms with Crippen LogP contribution in [0, 0.1) is 5.41 Å². The molecular formula is C15H23N3O. The number of primary amides is 1. The minimum absolute atomic E-state index is 0.344. The fourth-order valence-corrected chi connectivity index (χ4v) is 3.07. The van der Waals surface area contributed by atoms with E-state index < -0.39 is 5.91 Å². The lowest BCUT2D eigenvalue weighted by molar-refractivity contribution is 0.100. The maximum atomic E-state index is 11.6. The molecule has 4 heteroatoms. The summed E-state index contributed by atoms with van der Waals surface area (Å²) in [6.45, 7) is 6.36. The third-order valence-corrected chi connectivity index (χ3v) is 4.59. The van der Waals surface area contributed by atoms with Crippen molar-refractivity contribution in [1.29, 1.82) is 0 Å². The number of anilines is 2. The van der Waals surface area contributed by atoms with Crippen LogP contribution in [0.5, 0.6) is 0 Å². The quantitative estimate of drug-likeness (QED) is 0.817. The van der Waals surface area contributed by atoms with Gasteiger partial charge in [0, 0.05) is 13.1 Å². The van der Waals surface area contributed by atoms with Gasteiger partial charge in [-0.15, -0.1) is 0 Å². The number of para-hydroxylation sites is 1. The van der Waals surface area contributed by atoms with Gasteiger partial charge in [0.1, 0.15) is 0 Å². The molecule has 0 unspecified atom stereocenters. The number of hydrogen-bond donors (Lipinski definition) is 2. The molecule has 2 rings (SSSR count). The number of amides is 1. The monoisotopic (exact) mass is 261 g/mol. The highest BCUT2D eigenvalue weighted by atomic mass is 16.1. The lowest BCUT2D eigenvalue weighted by Crippen LogP contribution is -2.29. The molecule has 0 aromatic heterocycles. The standard InChI is InChI=1S/C15H23N3O/c1-3-15(4-2)8-9-18(10-15)13-11(14(17)19)6-5-7-12(13)16/h5-7H,3-4,8-10,16H2,1-2H3,(H2,17,19). The Hall–Kier alpha value is -1.71. The molecule has 1 amide bonds. The molecule has 0 saturated carbocycles. The summed E-state index contributed by atoms with van der Waals surface area (Å²) >= 11 is 0. The second-order valence-electron chi connectivity index (χ2n) is 5.49. The Morgan fingerprint density at radius 2 is 2.05 bits per heavy atom. The van der Waals surface area contributed by atoms with E-state index in [9.17, 15) is 4.79 Å². The van der Waals surface area contributed by atoms with Gasteiger partial charge < -0.3 is 16.4 Å². The summed E-state index contributed by atoms with van der Waals surface area (Å²) in [5.74, 6) is -0.409. The van der Waals surface area contributed by atoms with E-state index in [1.54, 1.807) is 12.1 Å². The van der Waals surface area contributed by atoms with Crippen LogP contribution in [0.25, 0.3) is 0 Å². The molecule has 1 aliphatic rings. The van der Waals surface area contributed by atoms with E-state index in [4.69, 9.17) is 11.5 Å². The third-order valence-electron chi connectivity index (χ3n) is 4.59. The maximum Gasteiger partial charge on any atom is 0.250 e. The van der Waals surface area contributed by atoms with Crippen LogP contribution in [-0.4, -0.2) is 19.0 Å². The van der Waals surface area contributed by atoms with E-state index in [-0.39, 0.29) is 0 Å². The van der Waals surface area contributed by atoms with E-state index >= 15 is 0 Å². The number of nitrogen functional groups attached to an aromatic ring is 1. The fourth-order valence-electron chi connectivity index (χ4n) is 3.07. The smallest absolute Gasteiger partial charge is 0.250 e. The topological polar surface area (TPSA) is 72.3 Å². The summed E-state index contributed by atoms with van der Waals surface area (Å²) in [6, 6.07) is 5.37. The molecule has 1 saturated heterocycles. The van der Waals surface area contributed by atoms with Gasteiger partial charge in [-0.25, -0.2) is 0 Å². The first-order valence-electron chi connectivity index (χ1n) is 6.96. The fraction of sp³-hybridized carbons (Fsp3) is 0.533. The molecule has 0 bridgehead atoms. The molecule has 0 radical (unpaired) electrons. The zero-order valence-corrected chi connectivity index (χ0v) is 11.8. The Bertz CT molecular complexity index is 480. The summed E-state index contributed by atoms with van der Waals surface area (Å²) in [5.41, 5.74) is 13.9. The van der Waals surface area contributed by atoms with E-state index in [2.05, 4.69) is 18.7 Å². The van der Waals surface area contributed by atoms with E-state index in [0.717, 1.165) is 38.0 Å². The lowest BCUT2D eigenvalue weighted by Gasteiger charge is -2.28. The summed E-state index contributed by atoms with van der Waals surface area (Å²) in [4.78, 5) is 13.8. The van der Waals surface area contributed by atoms with Crippen molar-refractivity contribution in [3.63, 3.8) is 0 Å². The predicted molar refractivity (Wildman–Crippen MR) is 79.2 cm³/mol. The average molecular weight is 261 g/mol. The molecule has 4 N–H and O–H groups in total. The van der Waals surface area contributed by atoms with Crippen LogP contribution in [0.3, 0.4) is 0 Å². The third kappa shape index (κ3) is 2.39. The SMILES string of the molecule is CCC1(CC)CCN(c2c(N)cccc2C(N)=O)C1. The second-order valence-corrected chi connectivity index (χ2v) is 5.49. The maximum absolute atomic E-state index is 11.6. The van der Waals surface area contributed by atoms with Gasteiger partial charge in [0.25, 0.3) is 5.91 Å². The molecule has 4 nitrogen and oxygen atoms in total. The molecule has 1 fully saturated rings. The Balaban J connectivity index is 2.36. The van der Waals surface area contributed by atoms with Crippen molar-refractivity contribution in [1.82, 2.24) is 0 Å². The summed E-state index contributed by atoms with van der Waals surface area (Å²) in [7, 11) is 0. The summed E-state index contributed by atoms with van der Waals surface area (Å²) in [6.07, 6.45) is 3.45. The molecule has 104 valence electrons. The highest BCUT2D eigenvalue weighted by Crippen LogP contribution is 2.41. The zero-order chi connectivity index (χ0) is 14.0. The molecule has 0 aliphatic carbocycles. The zero-order valence-electron chi connectivity index (χ0n) is 11.8. The van der Waals surface area contributed by atoms with Gasteiger partial charge in [0.05, 0.1) is 16.9 Å². The molecule has 1 heterocycles. The Labute approximate surface area is 114 Å². The lowest BCUT2D eigenvalue weighted by atomic mass is 9.82. The van der Waals surface area contributed by atoms with Crippen molar-refractivity contribution in [2.75, 3.05) is 23.7 Å². The highest BCUT2D eigenvalue weighted by Gasteiger charge is 2.36. The minimum Gasteiger partial charge on any atom is -0.397 e. The number of hydrogen-bond acceptors (Lipinski definition) is 3. The first-order chi connectivity index (χ1) is 9.03. The predicted octanol–water partition coefficient (Wildman–Crippen LogP) is 2.38. The van der Waals surface area contributed by atoms with Crippen molar-refractivity contribution in [2.45, 2.75) is 33.1 Å². The van der Waals surface area contributed by atoms with Crippen molar-refractivity contribution in [3.8, 4) is 0 Å². The number of carbonyl (C=O) groups is 1. The number of benzene rings is 1. The van der Waals surface area contributed by atoms with E-state index in [0.29, 0.717) is 16.7 Å². The number of carbonyl (C=O) groups excluding carboxylic acids is 1. The van der Waals surface area contributed by atoms with Crippen molar-refractivity contribution in [2.24, 2.45) is 11.1 Å². The first kappa shape index (κ1) is 13.7. The normalized spacial score (nSPS) is 17.7. The Morgan fingerprint density at radius 1 is 1.37 bits per heavy atom. The summed E-state index contributed by atoms with van der Waals surface area (Å²) < 4.78 is 0. The van der Waals surface area contributed by atoms with Gasteiger partial charge in [-0.1, -0.05) is 19.9 Å². The molecule has 1 aromatic rings. The largest absolute Gasteiger partial charge is 0.397 e. The van der Waals surface area contributed by atoms with Crippen molar-refractivity contribution in [3.05, 3.63) is 23.8 Å². The van der Waals surface area contributed by atoms with Gasteiger partial charge in [-0.05, 0) is 36.8 Å². The highest BCUT2D eigenvalue weighted by molar-refractivity contribution is 6.01. The van der Waals surface area contributed by atoms with Gasteiger partial charge in [0.2, 0.25) is 0 Å². The van der Waals surface area contributed by atoms with Crippen LogP contribution in [0.4, 0.5) is 11.4 Å². The van der Waals surface area contributed by atoms with Crippen molar-refractivity contribution < 1.29 is 4.79 Å². The molecule has 1 aromatic carbocycles. The van der Waals surface area contributed by atoms with E-state index in [1.807, 2.05) is 6.07 Å². The van der Waals surface area contributed by atoms with Crippen LogP contribution >= 0.6 is 0 Å². The summed E-state index contributed by atoms with van der Waals surface area (Å²) in [5, 5.41) is 0. The van der Waals surface area contributed by atoms with Crippen LogP contribution in [0.1, 0.15) is 43.5 Å². The Kier molecular flexibility index (Phi) is 3.69. The number of nitrogens with zero attached hydrogens (tertiary/aromatic N) is 1. The van der Waals surface area contributed by atoms with Gasteiger partial charge in [0.15, 0.2) is 0 Å². The van der Waals surface area contributed by atoms with Gasteiger partial charge >= 0.3 is 0 Å². The van der Waals surface area contributed by atoms with Gasteiger partial charge in [-0.2, -0.15) is 0 Å². The van der Waals surface area contributed by atoms with Crippen LogP contribution in [0.15, 0.2) is 18.2 Å². The van der Waals surface area contributed by atoms with Crippen LogP contribution in [0.2, 0.25) is 0 Å². The molecular weight excluding hydrogens is 238 g/mol.